The Kier molecular flexibility index (Phi) is 5.41. The number of benzene rings is 1. The smallest absolute Gasteiger partial charge is 0.216 e. The van der Waals surface area contributed by atoms with Crippen LogP contribution in [0.5, 0.6) is 0 Å². The second-order valence-electron chi connectivity index (χ2n) is 6.99. The molecule has 0 amide bonds. The molecule has 0 saturated carbocycles. The first-order valence-corrected chi connectivity index (χ1v) is 10.2. The molecule has 0 unspecified atom stereocenters. The number of fused-ring (bicyclic) bond motifs is 1. The molecule has 3 aromatic heterocycles. The van der Waals surface area contributed by atoms with Gasteiger partial charge in [-0.05, 0) is 55.7 Å². The fraction of sp³-hybridized carbons (Fsp3) is 0.227. The fourth-order valence-corrected chi connectivity index (χ4v) is 3.48. The molecule has 1 aromatic carbocycles. The largest absolute Gasteiger partial charge is 0.332 e. The molecule has 0 radical (unpaired) electrons. The summed E-state index contributed by atoms with van der Waals surface area (Å²) in [5, 5.41) is 12.1. The SMILES string of the molecule is CCc1ccc(/C=N/n2c(-c3cn(CC)c4nc(C)ccc4c3=O)n[nH]c2=S)cc1. The second kappa shape index (κ2) is 8.16. The van der Waals surface area contributed by atoms with E-state index >= 15 is 0 Å². The van der Waals surface area contributed by atoms with Crippen LogP contribution in [0.3, 0.4) is 0 Å². The maximum atomic E-state index is 13.2. The Morgan fingerprint density at radius 3 is 2.63 bits per heavy atom. The van der Waals surface area contributed by atoms with Gasteiger partial charge in [0.25, 0.3) is 0 Å². The third kappa shape index (κ3) is 3.61. The van der Waals surface area contributed by atoms with Crippen molar-refractivity contribution in [3.8, 4) is 11.4 Å². The highest BCUT2D eigenvalue weighted by molar-refractivity contribution is 7.71. The molecule has 0 aliphatic rings. The van der Waals surface area contributed by atoms with Gasteiger partial charge >= 0.3 is 0 Å². The van der Waals surface area contributed by atoms with E-state index in [1.807, 2.05) is 36.6 Å². The van der Waals surface area contributed by atoms with Gasteiger partial charge in [0.1, 0.15) is 5.65 Å². The topological polar surface area (TPSA) is 80.9 Å². The summed E-state index contributed by atoms with van der Waals surface area (Å²) < 4.78 is 3.73. The first-order valence-electron chi connectivity index (χ1n) is 9.83. The minimum absolute atomic E-state index is 0.153. The monoisotopic (exact) mass is 418 g/mol. The van der Waals surface area contributed by atoms with E-state index in [1.54, 1.807) is 18.5 Å². The molecular formula is C22H22N6OS. The predicted octanol–water partition coefficient (Wildman–Crippen LogP) is 4.09. The molecule has 1 N–H and O–H groups in total. The Morgan fingerprint density at radius 1 is 1.17 bits per heavy atom. The van der Waals surface area contributed by atoms with Crippen molar-refractivity contribution in [2.45, 2.75) is 33.7 Å². The van der Waals surface area contributed by atoms with Crippen LogP contribution in [0.2, 0.25) is 0 Å². The molecule has 0 spiro atoms. The Morgan fingerprint density at radius 2 is 1.93 bits per heavy atom. The molecule has 0 saturated heterocycles. The van der Waals surface area contributed by atoms with Crippen molar-refractivity contribution in [1.29, 1.82) is 0 Å². The molecule has 4 rings (SSSR count). The van der Waals surface area contributed by atoms with Crippen molar-refractivity contribution in [3.63, 3.8) is 0 Å². The van der Waals surface area contributed by atoms with Gasteiger partial charge in [0, 0.05) is 18.4 Å². The molecule has 8 heteroatoms. The van der Waals surface area contributed by atoms with E-state index in [9.17, 15) is 4.79 Å². The van der Waals surface area contributed by atoms with Crippen LogP contribution in [0.25, 0.3) is 22.4 Å². The van der Waals surface area contributed by atoms with Crippen LogP contribution in [0.4, 0.5) is 0 Å². The summed E-state index contributed by atoms with van der Waals surface area (Å²) in [5.41, 5.74) is 3.98. The normalized spacial score (nSPS) is 11.6. The van der Waals surface area contributed by atoms with Crippen molar-refractivity contribution >= 4 is 29.5 Å². The van der Waals surface area contributed by atoms with Crippen molar-refractivity contribution < 1.29 is 0 Å². The van der Waals surface area contributed by atoms with Crippen molar-refractivity contribution in [1.82, 2.24) is 24.4 Å². The maximum Gasteiger partial charge on any atom is 0.216 e. The zero-order chi connectivity index (χ0) is 21.3. The molecule has 3 heterocycles. The lowest BCUT2D eigenvalue weighted by molar-refractivity contribution is 0.773. The maximum absolute atomic E-state index is 13.2. The number of aromatic amines is 1. The average molecular weight is 419 g/mol. The fourth-order valence-electron chi connectivity index (χ4n) is 3.30. The number of aromatic nitrogens is 5. The molecule has 0 fully saturated rings. The number of pyridine rings is 2. The van der Waals surface area contributed by atoms with Crippen molar-refractivity contribution in [2.24, 2.45) is 5.10 Å². The van der Waals surface area contributed by atoms with E-state index in [0.717, 1.165) is 17.7 Å². The number of rotatable bonds is 5. The summed E-state index contributed by atoms with van der Waals surface area (Å²) in [6, 6.07) is 11.8. The Bertz CT molecular complexity index is 1360. The molecule has 0 aliphatic carbocycles. The van der Waals surface area contributed by atoms with Gasteiger partial charge in [-0.25, -0.2) is 10.1 Å². The lowest BCUT2D eigenvalue weighted by atomic mass is 10.1. The number of nitrogens with zero attached hydrogens (tertiary/aromatic N) is 5. The summed E-state index contributed by atoms with van der Waals surface area (Å²) in [5.74, 6) is 0.371. The molecule has 4 aromatic rings. The van der Waals surface area contributed by atoms with Gasteiger partial charge in [0.05, 0.1) is 17.2 Å². The minimum atomic E-state index is -0.153. The van der Waals surface area contributed by atoms with E-state index < -0.39 is 0 Å². The highest BCUT2D eigenvalue weighted by Gasteiger charge is 2.17. The zero-order valence-electron chi connectivity index (χ0n) is 17.1. The summed E-state index contributed by atoms with van der Waals surface area (Å²) in [6.07, 6.45) is 4.46. The van der Waals surface area contributed by atoms with E-state index in [0.29, 0.717) is 33.7 Å². The third-order valence-corrected chi connectivity index (χ3v) is 5.27. The molecule has 0 atom stereocenters. The zero-order valence-corrected chi connectivity index (χ0v) is 17.9. The van der Waals surface area contributed by atoms with Crippen LogP contribution in [-0.4, -0.2) is 30.6 Å². The van der Waals surface area contributed by atoms with Gasteiger partial charge < -0.3 is 4.57 Å². The first-order chi connectivity index (χ1) is 14.5. The van der Waals surface area contributed by atoms with Gasteiger partial charge in [-0.2, -0.15) is 14.9 Å². The number of hydrogen-bond acceptors (Lipinski definition) is 5. The van der Waals surface area contributed by atoms with Crippen LogP contribution < -0.4 is 5.43 Å². The highest BCUT2D eigenvalue weighted by atomic mass is 32.1. The standard InChI is InChI=1S/C22H22N6OS/c1-4-15-7-9-16(10-8-15)12-23-28-21(25-26-22(28)30)18-13-27(5-2)20-17(19(18)29)11-6-14(3)24-20/h6-13H,4-5H2,1-3H3,(H,26,30)/b23-12+. The highest BCUT2D eigenvalue weighted by Crippen LogP contribution is 2.18. The molecule has 0 bridgehead atoms. The van der Waals surface area contributed by atoms with E-state index in [4.69, 9.17) is 12.2 Å². The lowest BCUT2D eigenvalue weighted by Gasteiger charge is -2.11. The van der Waals surface area contributed by atoms with Crippen LogP contribution in [0.1, 0.15) is 30.7 Å². The van der Waals surface area contributed by atoms with Crippen LogP contribution >= 0.6 is 12.2 Å². The Hall–Kier alpha value is -3.39. The second-order valence-corrected chi connectivity index (χ2v) is 7.37. The number of hydrogen-bond donors (Lipinski definition) is 1. The summed E-state index contributed by atoms with van der Waals surface area (Å²) in [4.78, 5) is 17.7. The van der Waals surface area contributed by atoms with Gasteiger partial charge in [-0.15, -0.1) is 0 Å². The van der Waals surface area contributed by atoms with E-state index in [-0.39, 0.29) is 5.43 Å². The third-order valence-electron chi connectivity index (χ3n) is 5.00. The summed E-state index contributed by atoms with van der Waals surface area (Å²) in [6.45, 7) is 6.69. The van der Waals surface area contributed by atoms with Gasteiger partial charge in [-0.1, -0.05) is 31.2 Å². The van der Waals surface area contributed by atoms with Crippen LogP contribution in [0, 0.1) is 11.7 Å². The van der Waals surface area contributed by atoms with E-state index in [2.05, 4.69) is 39.3 Å². The summed E-state index contributed by atoms with van der Waals surface area (Å²) >= 11 is 5.36. The Labute approximate surface area is 178 Å². The first kappa shape index (κ1) is 19.9. The molecular weight excluding hydrogens is 396 g/mol. The molecule has 30 heavy (non-hydrogen) atoms. The van der Waals surface area contributed by atoms with Crippen molar-refractivity contribution in [2.75, 3.05) is 0 Å². The minimum Gasteiger partial charge on any atom is -0.332 e. The molecule has 152 valence electrons. The van der Waals surface area contributed by atoms with Crippen LogP contribution in [-0.2, 0) is 13.0 Å². The predicted molar refractivity (Wildman–Crippen MR) is 122 cm³/mol. The summed E-state index contributed by atoms with van der Waals surface area (Å²) in [7, 11) is 0. The lowest BCUT2D eigenvalue weighted by Crippen LogP contribution is -2.15. The number of H-pyrrole nitrogens is 1. The number of aryl methyl sites for hydroxylation is 3. The quantitative estimate of drug-likeness (QED) is 0.391. The van der Waals surface area contributed by atoms with Crippen LogP contribution in [0.15, 0.2) is 52.5 Å². The van der Waals surface area contributed by atoms with Gasteiger partial charge in [0.15, 0.2) is 5.82 Å². The van der Waals surface area contributed by atoms with Gasteiger partial charge in [0.2, 0.25) is 10.2 Å². The van der Waals surface area contributed by atoms with Gasteiger partial charge in [-0.3, -0.25) is 4.79 Å². The molecule has 0 aliphatic heterocycles. The van der Waals surface area contributed by atoms with E-state index in [1.165, 1.54) is 10.2 Å². The molecule has 7 nitrogen and oxygen atoms in total. The average Bonchev–Trinajstić information content (AvgIpc) is 3.13. The Balaban J connectivity index is 1.84. The number of nitrogens with one attached hydrogen (secondary N) is 1. The van der Waals surface area contributed by atoms with Crippen molar-refractivity contribution in [3.05, 3.63) is 74.4 Å².